The van der Waals surface area contributed by atoms with E-state index in [1.54, 1.807) is 12.4 Å². The molecule has 0 aliphatic heterocycles. The molecule has 140 valence electrons. The lowest BCUT2D eigenvalue weighted by atomic mass is 9.79. The summed E-state index contributed by atoms with van der Waals surface area (Å²) in [5.41, 5.74) is 9.28. The molecule has 0 saturated heterocycles. The van der Waals surface area contributed by atoms with Gasteiger partial charge in [0.25, 0.3) is 0 Å². The van der Waals surface area contributed by atoms with Crippen LogP contribution in [0, 0.1) is 11.8 Å². The molecule has 27 heavy (non-hydrogen) atoms. The highest BCUT2D eigenvalue weighted by atomic mass is 16.1. The number of carbonyl (C=O) groups excluding carboxylic acids is 1. The van der Waals surface area contributed by atoms with E-state index in [1.165, 1.54) is 0 Å². The summed E-state index contributed by atoms with van der Waals surface area (Å²) in [6, 6.07) is 9.83. The number of carbonyl (C=O) groups is 1. The van der Waals surface area contributed by atoms with Crippen molar-refractivity contribution in [1.82, 2.24) is 15.0 Å². The van der Waals surface area contributed by atoms with Gasteiger partial charge in [-0.2, -0.15) is 0 Å². The fourth-order valence-corrected chi connectivity index (χ4v) is 3.94. The van der Waals surface area contributed by atoms with Gasteiger partial charge in [0.05, 0.1) is 17.1 Å². The number of rotatable bonds is 4. The van der Waals surface area contributed by atoms with Crippen molar-refractivity contribution < 1.29 is 4.79 Å². The summed E-state index contributed by atoms with van der Waals surface area (Å²) in [6.45, 7) is 2.06. The maximum absolute atomic E-state index is 12.8. The third-order valence-electron chi connectivity index (χ3n) is 5.62. The average molecular weight is 363 g/mol. The summed E-state index contributed by atoms with van der Waals surface area (Å²) in [5, 5.41) is 4.01. The highest BCUT2D eigenvalue weighted by Gasteiger charge is 2.28. The second kappa shape index (κ2) is 7.48. The molecule has 1 amide bonds. The molecule has 1 atom stereocenters. The van der Waals surface area contributed by atoms with E-state index >= 15 is 0 Å². The summed E-state index contributed by atoms with van der Waals surface area (Å²) < 4.78 is 0. The van der Waals surface area contributed by atoms with E-state index in [-0.39, 0.29) is 17.9 Å². The highest BCUT2D eigenvalue weighted by molar-refractivity contribution is 6.02. The second-order valence-corrected chi connectivity index (χ2v) is 7.48. The molecule has 3 aromatic heterocycles. The van der Waals surface area contributed by atoms with Crippen LogP contribution in [0.25, 0.3) is 22.4 Å². The topological polar surface area (TPSA) is 96.7 Å². The monoisotopic (exact) mass is 363 g/mol. The quantitative estimate of drug-likeness (QED) is 0.658. The molecule has 4 N–H and O–H groups in total. The number of pyridine rings is 2. The van der Waals surface area contributed by atoms with Gasteiger partial charge in [0.2, 0.25) is 5.91 Å². The largest absolute Gasteiger partial charge is 0.338 e. The molecule has 0 aromatic carbocycles. The third kappa shape index (κ3) is 3.71. The number of H-pyrrole nitrogens is 1. The Balaban J connectivity index is 1.52. The van der Waals surface area contributed by atoms with Crippen molar-refractivity contribution in [2.75, 3.05) is 5.32 Å². The van der Waals surface area contributed by atoms with Gasteiger partial charge in [0.15, 0.2) is 0 Å². The van der Waals surface area contributed by atoms with Gasteiger partial charge in [0, 0.05) is 29.7 Å². The van der Waals surface area contributed by atoms with E-state index in [1.807, 2.05) is 30.3 Å². The van der Waals surface area contributed by atoms with E-state index < -0.39 is 0 Å². The summed E-state index contributed by atoms with van der Waals surface area (Å²) in [4.78, 5) is 24.8. The molecular weight excluding hydrogens is 338 g/mol. The number of nitrogens with zero attached hydrogens (tertiary/aromatic N) is 2. The number of hydrogen-bond acceptors (Lipinski definition) is 4. The SMILES string of the molecule is CC(N)[C@H]1CC[C@H](C(=O)Nc2ccnc3[nH]c(-c4ccccn4)cc23)CC1. The minimum Gasteiger partial charge on any atom is -0.338 e. The second-order valence-electron chi connectivity index (χ2n) is 7.48. The zero-order valence-corrected chi connectivity index (χ0v) is 15.5. The lowest BCUT2D eigenvalue weighted by molar-refractivity contribution is -0.121. The van der Waals surface area contributed by atoms with Crippen LogP contribution >= 0.6 is 0 Å². The zero-order chi connectivity index (χ0) is 18.8. The minimum absolute atomic E-state index is 0.0532. The predicted octanol–water partition coefficient (Wildman–Crippen LogP) is 3.72. The minimum atomic E-state index is 0.0532. The van der Waals surface area contributed by atoms with Crippen LogP contribution in [0.15, 0.2) is 42.7 Å². The molecule has 1 saturated carbocycles. The molecule has 3 aromatic rings. The summed E-state index contributed by atoms with van der Waals surface area (Å²) in [6.07, 6.45) is 7.32. The van der Waals surface area contributed by atoms with Crippen LogP contribution in [-0.4, -0.2) is 26.9 Å². The number of nitrogens with one attached hydrogen (secondary N) is 2. The van der Waals surface area contributed by atoms with Crippen LogP contribution in [0.2, 0.25) is 0 Å². The van der Waals surface area contributed by atoms with Crippen LogP contribution in [-0.2, 0) is 4.79 Å². The van der Waals surface area contributed by atoms with Gasteiger partial charge in [-0.15, -0.1) is 0 Å². The Kier molecular flexibility index (Phi) is 4.90. The summed E-state index contributed by atoms with van der Waals surface area (Å²) >= 11 is 0. The highest BCUT2D eigenvalue weighted by Crippen LogP contribution is 2.32. The fourth-order valence-electron chi connectivity index (χ4n) is 3.94. The molecular formula is C21H25N5O. The van der Waals surface area contributed by atoms with Gasteiger partial charge in [0.1, 0.15) is 5.65 Å². The summed E-state index contributed by atoms with van der Waals surface area (Å²) in [5.74, 6) is 0.677. The number of aromatic nitrogens is 3. The Bertz CT molecular complexity index is 926. The standard InChI is InChI=1S/C21H25N5O/c1-13(22)14-5-7-15(8-6-14)21(27)26-17-9-11-24-20-16(17)12-19(25-20)18-4-2-3-10-23-18/h2-4,9-15H,5-8,22H2,1H3,(H2,24,25,26,27)/t13?,14-,15-. The van der Waals surface area contributed by atoms with Gasteiger partial charge < -0.3 is 16.0 Å². The molecule has 6 nitrogen and oxygen atoms in total. The van der Waals surface area contributed by atoms with Gasteiger partial charge in [-0.25, -0.2) is 4.98 Å². The van der Waals surface area contributed by atoms with Crippen molar-refractivity contribution in [1.29, 1.82) is 0 Å². The average Bonchev–Trinajstić information content (AvgIpc) is 3.14. The first-order valence-corrected chi connectivity index (χ1v) is 9.57. The first-order valence-electron chi connectivity index (χ1n) is 9.57. The Labute approximate surface area is 158 Å². The lowest BCUT2D eigenvalue weighted by Crippen LogP contribution is -2.33. The van der Waals surface area contributed by atoms with E-state index in [0.29, 0.717) is 5.92 Å². The number of anilines is 1. The molecule has 0 bridgehead atoms. The van der Waals surface area contributed by atoms with Gasteiger partial charge in [-0.1, -0.05) is 6.07 Å². The van der Waals surface area contributed by atoms with Crippen LogP contribution in [0.3, 0.4) is 0 Å². The molecule has 0 spiro atoms. The Hall–Kier alpha value is -2.73. The van der Waals surface area contributed by atoms with Crippen LogP contribution in [0.1, 0.15) is 32.6 Å². The zero-order valence-electron chi connectivity index (χ0n) is 15.5. The van der Waals surface area contributed by atoms with Crippen LogP contribution in [0.5, 0.6) is 0 Å². The summed E-state index contributed by atoms with van der Waals surface area (Å²) in [7, 11) is 0. The molecule has 1 fully saturated rings. The van der Waals surface area contributed by atoms with Crippen LogP contribution in [0.4, 0.5) is 5.69 Å². The van der Waals surface area contributed by atoms with E-state index in [2.05, 4.69) is 27.2 Å². The first-order chi connectivity index (χ1) is 13.1. The fraction of sp³-hybridized carbons (Fsp3) is 0.381. The third-order valence-corrected chi connectivity index (χ3v) is 5.62. The number of fused-ring (bicyclic) bond motifs is 1. The predicted molar refractivity (Wildman–Crippen MR) is 107 cm³/mol. The molecule has 1 unspecified atom stereocenters. The Morgan fingerprint density at radius 3 is 2.70 bits per heavy atom. The molecule has 4 rings (SSSR count). The van der Waals surface area contributed by atoms with Crippen LogP contribution < -0.4 is 11.1 Å². The molecule has 0 radical (unpaired) electrons. The number of nitrogens with two attached hydrogens (primary N) is 1. The van der Waals surface area contributed by atoms with E-state index in [9.17, 15) is 4.79 Å². The van der Waals surface area contributed by atoms with Crippen molar-refractivity contribution in [2.45, 2.75) is 38.6 Å². The van der Waals surface area contributed by atoms with E-state index in [0.717, 1.165) is 53.8 Å². The molecule has 1 aliphatic carbocycles. The number of aromatic amines is 1. The number of amides is 1. The van der Waals surface area contributed by atoms with E-state index in [4.69, 9.17) is 5.73 Å². The molecule has 6 heteroatoms. The Morgan fingerprint density at radius 1 is 1.19 bits per heavy atom. The normalized spacial score (nSPS) is 21.1. The van der Waals surface area contributed by atoms with Gasteiger partial charge in [-0.05, 0) is 62.8 Å². The lowest BCUT2D eigenvalue weighted by Gasteiger charge is -2.30. The van der Waals surface area contributed by atoms with Crippen molar-refractivity contribution in [2.24, 2.45) is 17.6 Å². The Morgan fingerprint density at radius 2 is 2.00 bits per heavy atom. The maximum Gasteiger partial charge on any atom is 0.227 e. The molecule has 3 heterocycles. The van der Waals surface area contributed by atoms with Crippen molar-refractivity contribution in [3.63, 3.8) is 0 Å². The van der Waals surface area contributed by atoms with Gasteiger partial charge >= 0.3 is 0 Å². The van der Waals surface area contributed by atoms with Crippen molar-refractivity contribution in [3.8, 4) is 11.4 Å². The smallest absolute Gasteiger partial charge is 0.227 e. The molecule has 1 aliphatic rings. The number of hydrogen-bond donors (Lipinski definition) is 3. The first kappa shape index (κ1) is 17.7. The van der Waals surface area contributed by atoms with Crippen molar-refractivity contribution >= 4 is 22.6 Å². The van der Waals surface area contributed by atoms with Crippen molar-refractivity contribution in [3.05, 3.63) is 42.7 Å². The maximum atomic E-state index is 12.8. The van der Waals surface area contributed by atoms with Gasteiger partial charge in [-0.3, -0.25) is 9.78 Å².